The first kappa shape index (κ1) is 17.2. The molecular weight excluding hydrogens is 382 g/mol. The average molecular weight is 401 g/mol. The van der Waals surface area contributed by atoms with Gasteiger partial charge in [0, 0.05) is 24.9 Å². The lowest BCUT2D eigenvalue weighted by molar-refractivity contribution is 0.174. The number of nitrogens with zero attached hydrogens (tertiary/aromatic N) is 5. The van der Waals surface area contributed by atoms with Gasteiger partial charge in [0.25, 0.3) is 5.56 Å². The molecule has 2 aromatic carbocycles. The number of aromatic nitrogens is 5. The van der Waals surface area contributed by atoms with Gasteiger partial charge in [0.15, 0.2) is 17.3 Å². The predicted octanol–water partition coefficient (Wildman–Crippen LogP) is 2.83. The number of para-hydroxylation sites is 1. The third kappa shape index (κ3) is 2.92. The largest absolute Gasteiger partial charge is 0.454 e. The van der Waals surface area contributed by atoms with Gasteiger partial charge < -0.3 is 9.47 Å². The van der Waals surface area contributed by atoms with Crippen LogP contribution in [0.1, 0.15) is 30.4 Å². The summed E-state index contributed by atoms with van der Waals surface area (Å²) in [5.41, 5.74) is 1.54. The van der Waals surface area contributed by atoms with Crippen LogP contribution in [0.25, 0.3) is 16.6 Å². The number of rotatable bonds is 5. The molecule has 8 heteroatoms. The third-order valence-electron chi connectivity index (χ3n) is 5.54. The van der Waals surface area contributed by atoms with E-state index in [1.54, 1.807) is 10.9 Å². The van der Waals surface area contributed by atoms with Gasteiger partial charge in [-0.1, -0.05) is 12.1 Å². The van der Waals surface area contributed by atoms with Crippen molar-refractivity contribution in [3.63, 3.8) is 0 Å². The highest BCUT2D eigenvalue weighted by Crippen LogP contribution is 2.39. The molecule has 150 valence electrons. The molecule has 0 N–H and O–H groups in total. The number of ether oxygens (including phenoxy) is 2. The Morgan fingerprint density at radius 1 is 1.07 bits per heavy atom. The van der Waals surface area contributed by atoms with E-state index < -0.39 is 0 Å². The quantitative estimate of drug-likeness (QED) is 0.511. The lowest BCUT2D eigenvalue weighted by atomic mass is 10.2. The van der Waals surface area contributed by atoms with Crippen LogP contribution < -0.4 is 15.0 Å². The van der Waals surface area contributed by atoms with Crippen molar-refractivity contribution >= 4 is 10.9 Å². The minimum atomic E-state index is -0.0443. The van der Waals surface area contributed by atoms with E-state index in [9.17, 15) is 4.79 Å². The van der Waals surface area contributed by atoms with Gasteiger partial charge in [-0.15, -0.1) is 0 Å². The Morgan fingerprint density at radius 3 is 2.83 bits per heavy atom. The van der Waals surface area contributed by atoms with Crippen LogP contribution >= 0.6 is 0 Å². The van der Waals surface area contributed by atoms with Gasteiger partial charge in [-0.3, -0.25) is 9.36 Å². The van der Waals surface area contributed by atoms with Crippen molar-refractivity contribution in [2.24, 2.45) is 0 Å². The third-order valence-corrected chi connectivity index (χ3v) is 5.54. The number of hydrogen-bond donors (Lipinski definition) is 0. The molecule has 0 saturated heterocycles. The molecule has 3 heterocycles. The van der Waals surface area contributed by atoms with Gasteiger partial charge in [-0.05, 0) is 37.1 Å². The molecule has 1 aliphatic carbocycles. The number of aryl methyl sites for hydroxylation is 2. The van der Waals surface area contributed by atoms with Gasteiger partial charge in [-0.25, -0.2) is 14.6 Å². The van der Waals surface area contributed by atoms with E-state index in [2.05, 4.69) is 4.98 Å². The Labute approximate surface area is 171 Å². The Kier molecular flexibility index (Phi) is 3.83. The van der Waals surface area contributed by atoms with E-state index in [0.29, 0.717) is 35.5 Å². The van der Waals surface area contributed by atoms with Crippen LogP contribution in [0.3, 0.4) is 0 Å². The minimum Gasteiger partial charge on any atom is -0.454 e. The summed E-state index contributed by atoms with van der Waals surface area (Å²) >= 11 is 0. The monoisotopic (exact) mass is 401 g/mol. The van der Waals surface area contributed by atoms with Gasteiger partial charge in [0.2, 0.25) is 6.79 Å². The van der Waals surface area contributed by atoms with Gasteiger partial charge in [0.1, 0.15) is 5.82 Å². The first-order valence-electron chi connectivity index (χ1n) is 10.1. The van der Waals surface area contributed by atoms with Crippen molar-refractivity contribution in [1.29, 1.82) is 0 Å². The molecule has 2 aromatic heterocycles. The smallest absolute Gasteiger partial charge is 0.261 e. The Bertz CT molecular complexity index is 1320. The second-order valence-electron chi connectivity index (χ2n) is 7.62. The minimum absolute atomic E-state index is 0.0443. The summed E-state index contributed by atoms with van der Waals surface area (Å²) in [5, 5.41) is 5.38. The van der Waals surface area contributed by atoms with Crippen molar-refractivity contribution in [3.05, 3.63) is 70.8 Å². The first-order chi connectivity index (χ1) is 14.8. The average Bonchev–Trinajstić information content (AvgIpc) is 3.37. The van der Waals surface area contributed by atoms with Crippen molar-refractivity contribution in [2.45, 2.75) is 31.7 Å². The Hall–Kier alpha value is -3.68. The molecule has 0 radical (unpaired) electrons. The fraction of sp³-hybridized carbons (Fsp3) is 0.273. The number of benzene rings is 2. The maximum Gasteiger partial charge on any atom is 0.261 e. The standard InChI is InChI=1S/C22H19N5O3/c28-22-16-3-1-2-4-17(16)23-12-26(22)10-9-20-24-21(14-5-6-14)25-27(20)15-7-8-18-19(11-15)30-13-29-18/h1-4,7-8,11-12,14H,5-6,9-10,13H2. The van der Waals surface area contributed by atoms with Crippen LogP contribution in [-0.4, -0.2) is 31.1 Å². The van der Waals surface area contributed by atoms with Crippen LogP contribution in [0.15, 0.2) is 53.6 Å². The molecule has 8 nitrogen and oxygen atoms in total. The molecule has 0 bridgehead atoms. The highest BCUT2D eigenvalue weighted by atomic mass is 16.7. The highest BCUT2D eigenvalue weighted by molar-refractivity contribution is 5.76. The molecule has 0 amide bonds. The molecule has 0 spiro atoms. The van der Waals surface area contributed by atoms with E-state index in [-0.39, 0.29) is 12.4 Å². The zero-order valence-corrected chi connectivity index (χ0v) is 16.2. The molecule has 0 atom stereocenters. The second-order valence-corrected chi connectivity index (χ2v) is 7.62. The molecule has 2 aliphatic rings. The van der Waals surface area contributed by atoms with Crippen LogP contribution in [0, 0.1) is 0 Å². The van der Waals surface area contributed by atoms with E-state index in [1.807, 2.05) is 47.1 Å². The Balaban J connectivity index is 1.34. The summed E-state index contributed by atoms with van der Waals surface area (Å²) < 4.78 is 14.4. The summed E-state index contributed by atoms with van der Waals surface area (Å²) in [6.45, 7) is 0.707. The van der Waals surface area contributed by atoms with E-state index >= 15 is 0 Å². The van der Waals surface area contributed by atoms with Crippen LogP contribution in [0.2, 0.25) is 0 Å². The van der Waals surface area contributed by atoms with E-state index in [1.165, 1.54) is 0 Å². The summed E-state index contributed by atoms with van der Waals surface area (Å²) in [6, 6.07) is 13.1. The maximum atomic E-state index is 12.8. The topological polar surface area (TPSA) is 84.1 Å². The maximum absolute atomic E-state index is 12.8. The summed E-state index contributed by atoms with van der Waals surface area (Å²) in [6.07, 6.45) is 4.42. The molecular formula is C22H19N5O3. The van der Waals surface area contributed by atoms with Crippen LogP contribution in [0.5, 0.6) is 11.5 Å². The lowest BCUT2D eigenvalue weighted by Gasteiger charge is -2.09. The fourth-order valence-electron chi connectivity index (χ4n) is 3.75. The van der Waals surface area contributed by atoms with Gasteiger partial charge in [0.05, 0.1) is 22.9 Å². The molecule has 0 unspecified atom stereocenters. The van der Waals surface area contributed by atoms with Crippen molar-refractivity contribution in [1.82, 2.24) is 24.3 Å². The summed E-state index contributed by atoms with van der Waals surface area (Å²) in [7, 11) is 0. The second kappa shape index (κ2) is 6.69. The van der Waals surface area contributed by atoms with Crippen molar-refractivity contribution < 1.29 is 9.47 Å². The predicted molar refractivity (Wildman–Crippen MR) is 109 cm³/mol. The molecule has 30 heavy (non-hydrogen) atoms. The Morgan fingerprint density at radius 2 is 1.93 bits per heavy atom. The molecule has 1 aliphatic heterocycles. The van der Waals surface area contributed by atoms with Crippen molar-refractivity contribution in [3.8, 4) is 17.2 Å². The summed E-state index contributed by atoms with van der Waals surface area (Å²) in [5.74, 6) is 3.56. The normalized spacial score (nSPS) is 15.1. The molecule has 6 rings (SSSR count). The number of hydrogen-bond acceptors (Lipinski definition) is 6. The van der Waals surface area contributed by atoms with Crippen LogP contribution in [0.4, 0.5) is 0 Å². The van der Waals surface area contributed by atoms with Gasteiger partial charge in [-0.2, -0.15) is 5.10 Å². The molecule has 1 fully saturated rings. The van der Waals surface area contributed by atoms with E-state index in [4.69, 9.17) is 19.6 Å². The lowest BCUT2D eigenvalue weighted by Crippen LogP contribution is -2.22. The SMILES string of the molecule is O=c1c2ccccc2ncn1CCc1nc(C2CC2)nn1-c1ccc2c(c1)OCO2. The fourth-order valence-corrected chi connectivity index (χ4v) is 3.75. The van der Waals surface area contributed by atoms with Crippen molar-refractivity contribution in [2.75, 3.05) is 6.79 Å². The highest BCUT2D eigenvalue weighted by Gasteiger charge is 2.29. The number of fused-ring (bicyclic) bond motifs is 2. The van der Waals surface area contributed by atoms with Crippen LogP contribution in [-0.2, 0) is 13.0 Å². The van der Waals surface area contributed by atoms with Gasteiger partial charge >= 0.3 is 0 Å². The zero-order valence-electron chi connectivity index (χ0n) is 16.2. The zero-order chi connectivity index (χ0) is 20.1. The first-order valence-corrected chi connectivity index (χ1v) is 10.1. The summed E-state index contributed by atoms with van der Waals surface area (Å²) in [4.78, 5) is 22.0. The molecule has 4 aromatic rings. The van der Waals surface area contributed by atoms with E-state index in [0.717, 1.165) is 35.9 Å². The molecule has 1 saturated carbocycles.